The zero-order valence-corrected chi connectivity index (χ0v) is 16.9. The fraction of sp³-hybridized carbons (Fsp3) is 0.400. The molecule has 0 aliphatic rings. The van der Waals surface area contributed by atoms with E-state index in [-0.39, 0.29) is 32.7 Å². The number of hydrogen-bond acceptors (Lipinski definition) is 6. The van der Waals surface area contributed by atoms with E-state index < -0.39 is 34.6 Å². The molecular formula is C20H27N5O5. The molecule has 2 rings (SSSR count). The zero-order valence-electron chi connectivity index (χ0n) is 16.9. The highest BCUT2D eigenvalue weighted by molar-refractivity contribution is 5.96. The number of nitrogen functional groups attached to an aromatic ring is 1. The lowest BCUT2D eigenvalue weighted by Gasteiger charge is -2.15. The summed E-state index contributed by atoms with van der Waals surface area (Å²) in [6, 6.07) is 9.22. The van der Waals surface area contributed by atoms with Crippen molar-refractivity contribution in [2.24, 2.45) is 5.73 Å². The highest BCUT2D eigenvalue weighted by Gasteiger charge is 2.20. The molecule has 1 amide bonds. The van der Waals surface area contributed by atoms with Crippen LogP contribution < -0.4 is 22.3 Å². The van der Waals surface area contributed by atoms with Crippen LogP contribution in [-0.2, 0) is 24.4 Å². The molecule has 10 nitrogen and oxygen atoms in total. The quantitative estimate of drug-likeness (QED) is 0.258. The van der Waals surface area contributed by atoms with Crippen LogP contribution in [0.15, 0.2) is 39.9 Å². The number of amides is 1. The SMILES string of the molecule is CCCCn1c(=O)c(C(=N)N)c(O)n(CCCNC(=O)OCc2ccccc2)c1=O. The minimum absolute atomic E-state index is 0.0241. The highest BCUT2D eigenvalue weighted by atomic mass is 16.5. The molecule has 2 aromatic rings. The molecule has 0 saturated heterocycles. The molecule has 30 heavy (non-hydrogen) atoms. The van der Waals surface area contributed by atoms with Crippen LogP contribution in [0, 0.1) is 5.41 Å². The lowest BCUT2D eigenvalue weighted by molar-refractivity contribution is 0.139. The van der Waals surface area contributed by atoms with E-state index in [1.807, 2.05) is 37.3 Å². The summed E-state index contributed by atoms with van der Waals surface area (Å²) in [6.45, 7) is 2.42. The summed E-state index contributed by atoms with van der Waals surface area (Å²) >= 11 is 0. The van der Waals surface area contributed by atoms with E-state index >= 15 is 0 Å². The normalized spacial score (nSPS) is 10.6. The number of rotatable bonds is 10. The number of nitrogens with one attached hydrogen (secondary N) is 2. The molecule has 0 aliphatic heterocycles. The number of carbonyl (C=O) groups is 1. The Kier molecular flexibility index (Phi) is 8.21. The number of aromatic nitrogens is 2. The Balaban J connectivity index is 2.01. The third-order valence-corrected chi connectivity index (χ3v) is 4.45. The van der Waals surface area contributed by atoms with E-state index in [0.717, 1.165) is 21.1 Å². The Hall–Kier alpha value is -3.56. The highest BCUT2D eigenvalue weighted by Crippen LogP contribution is 2.10. The summed E-state index contributed by atoms with van der Waals surface area (Å²) < 4.78 is 7.06. The molecule has 0 saturated carbocycles. The molecule has 162 valence electrons. The Labute approximate surface area is 173 Å². The number of amidine groups is 1. The smallest absolute Gasteiger partial charge is 0.407 e. The lowest BCUT2D eigenvalue weighted by Crippen LogP contribution is -2.44. The molecule has 10 heteroatoms. The molecule has 1 aromatic carbocycles. The number of unbranched alkanes of at least 4 members (excludes halogenated alkanes) is 1. The maximum atomic E-state index is 12.6. The maximum absolute atomic E-state index is 12.6. The largest absolute Gasteiger partial charge is 0.494 e. The topological polar surface area (TPSA) is 152 Å². The monoisotopic (exact) mass is 417 g/mol. The van der Waals surface area contributed by atoms with Crippen molar-refractivity contribution in [2.75, 3.05) is 6.54 Å². The number of benzene rings is 1. The van der Waals surface area contributed by atoms with Crippen molar-refractivity contribution in [1.82, 2.24) is 14.5 Å². The van der Waals surface area contributed by atoms with Gasteiger partial charge in [0, 0.05) is 19.6 Å². The summed E-state index contributed by atoms with van der Waals surface area (Å²) in [4.78, 5) is 36.8. The fourth-order valence-corrected chi connectivity index (χ4v) is 2.84. The molecule has 0 radical (unpaired) electrons. The fourth-order valence-electron chi connectivity index (χ4n) is 2.84. The second-order valence-corrected chi connectivity index (χ2v) is 6.70. The first-order valence-corrected chi connectivity index (χ1v) is 9.72. The molecular weight excluding hydrogens is 390 g/mol. The van der Waals surface area contributed by atoms with E-state index in [1.165, 1.54) is 0 Å². The van der Waals surface area contributed by atoms with E-state index in [0.29, 0.717) is 6.42 Å². The Morgan fingerprint density at radius 3 is 2.47 bits per heavy atom. The van der Waals surface area contributed by atoms with Gasteiger partial charge in [-0.1, -0.05) is 43.7 Å². The first-order valence-electron chi connectivity index (χ1n) is 9.72. The average molecular weight is 417 g/mol. The van der Waals surface area contributed by atoms with Crippen molar-refractivity contribution in [3.05, 3.63) is 62.3 Å². The standard InChI is InChI=1S/C20H27N5O5/c1-2-3-11-24-17(26)15(16(21)22)18(27)25(20(24)29)12-7-10-23-19(28)30-13-14-8-5-4-6-9-14/h4-6,8-9,27H,2-3,7,10-13H2,1H3,(H3,21,22)(H,23,28). The van der Waals surface area contributed by atoms with Crippen LogP contribution in [0.5, 0.6) is 5.88 Å². The van der Waals surface area contributed by atoms with E-state index in [2.05, 4.69) is 5.32 Å². The molecule has 0 spiro atoms. The molecule has 0 fully saturated rings. The van der Waals surface area contributed by atoms with Crippen molar-refractivity contribution in [3.63, 3.8) is 0 Å². The molecule has 5 N–H and O–H groups in total. The molecule has 0 bridgehead atoms. The molecule has 0 atom stereocenters. The van der Waals surface area contributed by atoms with Crippen molar-refractivity contribution >= 4 is 11.9 Å². The number of aromatic hydroxyl groups is 1. The van der Waals surface area contributed by atoms with Crippen molar-refractivity contribution in [3.8, 4) is 5.88 Å². The van der Waals surface area contributed by atoms with Gasteiger partial charge in [0.05, 0.1) is 0 Å². The Morgan fingerprint density at radius 1 is 1.17 bits per heavy atom. The first kappa shape index (κ1) is 22.7. The van der Waals surface area contributed by atoms with Gasteiger partial charge in [-0.2, -0.15) is 0 Å². The molecule has 0 aliphatic carbocycles. The number of hydrogen-bond donors (Lipinski definition) is 4. The van der Waals surface area contributed by atoms with Gasteiger partial charge in [-0.15, -0.1) is 0 Å². The number of ether oxygens (including phenoxy) is 1. The Bertz CT molecular complexity index is 997. The lowest BCUT2D eigenvalue weighted by atomic mass is 10.2. The van der Waals surface area contributed by atoms with Gasteiger partial charge in [0.15, 0.2) is 0 Å². The van der Waals surface area contributed by atoms with Gasteiger partial charge in [-0.25, -0.2) is 9.59 Å². The number of nitrogens with zero attached hydrogens (tertiary/aromatic N) is 2. The number of nitrogens with two attached hydrogens (primary N) is 1. The van der Waals surface area contributed by atoms with Crippen LogP contribution in [0.4, 0.5) is 4.79 Å². The Morgan fingerprint density at radius 2 is 1.83 bits per heavy atom. The number of carbonyl (C=O) groups excluding carboxylic acids is 1. The van der Waals surface area contributed by atoms with Gasteiger partial charge in [0.25, 0.3) is 5.56 Å². The predicted molar refractivity (Wildman–Crippen MR) is 112 cm³/mol. The van der Waals surface area contributed by atoms with Crippen molar-refractivity contribution in [1.29, 1.82) is 5.41 Å². The summed E-state index contributed by atoms with van der Waals surface area (Å²) in [5.74, 6) is -1.25. The summed E-state index contributed by atoms with van der Waals surface area (Å²) in [5.41, 5.74) is 4.43. The van der Waals surface area contributed by atoms with E-state index in [9.17, 15) is 19.5 Å². The third-order valence-electron chi connectivity index (χ3n) is 4.45. The van der Waals surface area contributed by atoms with Crippen LogP contribution >= 0.6 is 0 Å². The van der Waals surface area contributed by atoms with Crippen molar-refractivity contribution in [2.45, 2.75) is 45.9 Å². The van der Waals surface area contributed by atoms with Crippen LogP contribution in [-0.4, -0.2) is 32.7 Å². The summed E-state index contributed by atoms with van der Waals surface area (Å²) in [6.07, 6.45) is 1.04. The first-order chi connectivity index (χ1) is 14.4. The van der Waals surface area contributed by atoms with E-state index in [1.54, 1.807) is 0 Å². The van der Waals surface area contributed by atoms with Gasteiger partial charge >= 0.3 is 11.8 Å². The van der Waals surface area contributed by atoms with Gasteiger partial charge in [-0.05, 0) is 18.4 Å². The molecule has 1 heterocycles. The number of alkyl carbamates (subject to hydrolysis) is 1. The molecule has 1 aromatic heterocycles. The molecule has 0 unspecified atom stereocenters. The van der Waals surface area contributed by atoms with Crippen LogP contribution in [0.2, 0.25) is 0 Å². The van der Waals surface area contributed by atoms with Crippen LogP contribution in [0.3, 0.4) is 0 Å². The van der Waals surface area contributed by atoms with Crippen LogP contribution in [0.1, 0.15) is 37.3 Å². The summed E-state index contributed by atoms with van der Waals surface area (Å²) in [5, 5.41) is 20.4. The van der Waals surface area contributed by atoms with Crippen LogP contribution in [0.25, 0.3) is 0 Å². The summed E-state index contributed by atoms with van der Waals surface area (Å²) in [7, 11) is 0. The average Bonchev–Trinajstić information content (AvgIpc) is 2.72. The van der Waals surface area contributed by atoms with E-state index in [4.69, 9.17) is 15.9 Å². The van der Waals surface area contributed by atoms with Gasteiger partial charge in [0.2, 0.25) is 5.88 Å². The van der Waals surface area contributed by atoms with Gasteiger partial charge in [0.1, 0.15) is 18.0 Å². The second-order valence-electron chi connectivity index (χ2n) is 6.70. The van der Waals surface area contributed by atoms with Gasteiger partial charge < -0.3 is 20.9 Å². The third kappa shape index (κ3) is 5.72. The van der Waals surface area contributed by atoms with Crippen molar-refractivity contribution < 1.29 is 14.6 Å². The minimum Gasteiger partial charge on any atom is -0.494 e. The maximum Gasteiger partial charge on any atom is 0.407 e. The van der Waals surface area contributed by atoms with Gasteiger partial charge in [-0.3, -0.25) is 19.3 Å². The zero-order chi connectivity index (χ0) is 22.1. The predicted octanol–water partition coefficient (Wildman–Crippen LogP) is 1.12. The minimum atomic E-state index is -0.780. The second kappa shape index (κ2) is 10.8.